The van der Waals surface area contributed by atoms with Crippen molar-refractivity contribution in [3.8, 4) is 5.88 Å². The summed E-state index contributed by atoms with van der Waals surface area (Å²) in [7, 11) is 0. The number of ether oxygens (including phenoxy) is 1. The Bertz CT molecular complexity index is 963. The number of hydrogen-bond acceptors (Lipinski definition) is 6. The van der Waals surface area contributed by atoms with Gasteiger partial charge in [-0.25, -0.2) is 4.98 Å². The lowest BCUT2D eigenvalue weighted by Crippen LogP contribution is -2.24. The molecule has 1 saturated heterocycles. The Morgan fingerprint density at radius 2 is 1.96 bits per heavy atom. The Morgan fingerprint density at radius 3 is 2.74 bits per heavy atom. The van der Waals surface area contributed by atoms with E-state index in [4.69, 9.17) is 4.74 Å². The highest BCUT2D eigenvalue weighted by molar-refractivity contribution is 5.52. The molecular weight excluding hydrogens is 340 g/mol. The van der Waals surface area contributed by atoms with Crippen LogP contribution in [0.2, 0.25) is 0 Å². The zero-order chi connectivity index (χ0) is 18.4. The highest BCUT2D eigenvalue weighted by Crippen LogP contribution is 2.38. The second-order valence-corrected chi connectivity index (χ2v) is 7.79. The number of fused-ring (bicyclic) bond motifs is 1. The number of anilines is 1. The SMILES string of the molecule is Cc1cc(N2CCC(COc3ccc(C4CC4)nn3)C2)n2nc(C)cc2n1. The molecule has 140 valence electrons. The van der Waals surface area contributed by atoms with E-state index in [9.17, 15) is 0 Å². The van der Waals surface area contributed by atoms with Crippen LogP contribution in [0.4, 0.5) is 5.82 Å². The largest absolute Gasteiger partial charge is 0.476 e. The number of rotatable bonds is 5. The van der Waals surface area contributed by atoms with Gasteiger partial charge in [0, 0.05) is 48.8 Å². The second-order valence-electron chi connectivity index (χ2n) is 7.79. The summed E-state index contributed by atoms with van der Waals surface area (Å²) in [5.41, 5.74) is 4.01. The summed E-state index contributed by atoms with van der Waals surface area (Å²) in [6, 6.07) is 8.15. The number of aryl methyl sites for hydroxylation is 2. The van der Waals surface area contributed by atoms with Gasteiger partial charge in [-0.15, -0.1) is 5.10 Å². The zero-order valence-corrected chi connectivity index (χ0v) is 15.8. The lowest BCUT2D eigenvalue weighted by Gasteiger charge is -2.20. The van der Waals surface area contributed by atoms with E-state index >= 15 is 0 Å². The highest BCUT2D eigenvalue weighted by Gasteiger charge is 2.27. The number of aromatic nitrogens is 5. The summed E-state index contributed by atoms with van der Waals surface area (Å²) in [6.45, 7) is 6.65. The minimum atomic E-state index is 0.468. The molecule has 0 aromatic carbocycles. The van der Waals surface area contributed by atoms with Gasteiger partial charge in [0.2, 0.25) is 5.88 Å². The van der Waals surface area contributed by atoms with Crippen molar-refractivity contribution in [1.29, 1.82) is 0 Å². The molecule has 2 fully saturated rings. The van der Waals surface area contributed by atoms with Crippen molar-refractivity contribution < 1.29 is 4.74 Å². The van der Waals surface area contributed by atoms with Gasteiger partial charge in [-0.05, 0) is 39.2 Å². The molecule has 3 aromatic heterocycles. The number of nitrogens with zero attached hydrogens (tertiary/aromatic N) is 6. The van der Waals surface area contributed by atoms with E-state index in [0.29, 0.717) is 24.3 Å². The predicted octanol–water partition coefficient (Wildman–Crippen LogP) is 2.92. The molecule has 1 atom stereocenters. The fourth-order valence-corrected chi connectivity index (χ4v) is 3.80. The van der Waals surface area contributed by atoms with Crippen LogP contribution in [0, 0.1) is 19.8 Å². The Hall–Kier alpha value is -2.70. The maximum absolute atomic E-state index is 5.91. The first-order valence-electron chi connectivity index (χ1n) is 9.71. The molecular formula is C20H24N6O. The van der Waals surface area contributed by atoms with Crippen LogP contribution in [0.3, 0.4) is 0 Å². The van der Waals surface area contributed by atoms with E-state index in [1.807, 2.05) is 30.5 Å². The summed E-state index contributed by atoms with van der Waals surface area (Å²) >= 11 is 0. The Balaban J connectivity index is 1.25. The average Bonchev–Trinajstić information content (AvgIpc) is 3.28. The quantitative estimate of drug-likeness (QED) is 0.693. The van der Waals surface area contributed by atoms with Crippen molar-refractivity contribution in [3.05, 3.63) is 41.3 Å². The minimum absolute atomic E-state index is 0.468. The van der Waals surface area contributed by atoms with Gasteiger partial charge in [-0.2, -0.15) is 14.7 Å². The smallest absolute Gasteiger partial charge is 0.233 e. The van der Waals surface area contributed by atoms with Gasteiger partial charge in [0.1, 0.15) is 5.82 Å². The monoisotopic (exact) mass is 364 g/mol. The third-order valence-electron chi connectivity index (χ3n) is 5.39. The maximum Gasteiger partial charge on any atom is 0.233 e. The van der Waals surface area contributed by atoms with Crippen molar-refractivity contribution in [2.75, 3.05) is 24.6 Å². The molecule has 0 spiro atoms. The molecule has 0 amide bonds. The first-order chi connectivity index (χ1) is 13.2. The van der Waals surface area contributed by atoms with Crippen molar-refractivity contribution in [2.45, 2.75) is 39.0 Å². The summed E-state index contributed by atoms with van der Waals surface area (Å²) in [5, 5.41) is 13.1. The summed E-state index contributed by atoms with van der Waals surface area (Å²) in [5.74, 6) is 2.83. The van der Waals surface area contributed by atoms with E-state index in [1.165, 1.54) is 12.8 Å². The standard InChI is InChI=1S/C20H24N6O/c1-13-10-20(26-18(21-13)9-14(2)24-26)25-8-7-15(11-25)12-27-19-6-5-17(22-23-19)16-3-4-16/h5-6,9-10,15-16H,3-4,7-8,11-12H2,1-2H3. The Kier molecular flexibility index (Phi) is 3.95. The van der Waals surface area contributed by atoms with E-state index in [0.717, 1.165) is 48.1 Å². The van der Waals surface area contributed by atoms with Crippen LogP contribution < -0.4 is 9.64 Å². The average molecular weight is 364 g/mol. The first-order valence-corrected chi connectivity index (χ1v) is 9.71. The van der Waals surface area contributed by atoms with Crippen molar-refractivity contribution >= 4 is 11.5 Å². The molecule has 5 rings (SSSR count). The van der Waals surface area contributed by atoms with E-state index < -0.39 is 0 Å². The van der Waals surface area contributed by atoms with E-state index in [-0.39, 0.29) is 0 Å². The minimum Gasteiger partial charge on any atom is -0.476 e. The van der Waals surface area contributed by atoms with Crippen molar-refractivity contribution in [1.82, 2.24) is 24.8 Å². The van der Waals surface area contributed by atoms with Crippen LogP contribution in [-0.4, -0.2) is 44.5 Å². The topological polar surface area (TPSA) is 68.4 Å². The molecule has 7 nitrogen and oxygen atoms in total. The Morgan fingerprint density at radius 1 is 1.07 bits per heavy atom. The molecule has 0 N–H and O–H groups in total. The molecule has 2 aliphatic rings. The van der Waals surface area contributed by atoms with Crippen molar-refractivity contribution in [2.24, 2.45) is 5.92 Å². The molecule has 1 aliphatic carbocycles. The molecule has 3 aromatic rings. The van der Waals surface area contributed by atoms with Crippen LogP contribution in [0.15, 0.2) is 24.3 Å². The van der Waals surface area contributed by atoms with Gasteiger partial charge in [0.25, 0.3) is 0 Å². The highest BCUT2D eigenvalue weighted by atomic mass is 16.5. The van der Waals surface area contributed by atoms with E-state index in [1.54, 1.807) is 0 Å². The van der Waals surface area contributed by atoms with Gasteiger partial charge in [0.05, 0.1) is 18.0 Å². The fraction of sp³-hybridized carbons (Fsp3) is 0.500. The van der Waals surface area contributed by atoms with Crippen molar-refractivity contribution in [3.63, 3.8) is 0 Å². The number of hydrogen-bond donors (Lipinski definition) is 0. The molecule has 0 radical (unpaired) electrons. The third-order valence-corrected chi connectivity index (χ3v) is 5.39. The summed E-state index contributed by atoms with van der Waals surface area (Å²) in [6.07, 6.45) is 3.57. The van der Waals surface area contributed by atoms with Gasteiger partial charge >= 0.3 is 0 Å². The van der Waals surface area contributed by atoms with Gasteiger partial charge in [0.15, 0.2) is 5.65 Å². The van der Waals surface area contributed by atoms with Crippen LogP contribution in [0.1, 0.15) is 42.3 Å². The molecule has 27 heavy (non-hydrogen) atoms. The van der Waals surface area contributed by atoms with Crippen LogP contribution in [-0.2, 0) is 0 Å². The van der Waals surface area contributed by atoms with Gasteiger partial charge < -0.3 is 9.64 Å². The van der Waals surface area contributed by atoms with Crippen LogP contribution in [0.5, 0.6) is 5.88 Å². The molecule has 0 bridgehead atoms. The summed E-state index contributed by atoms with van der Waals surface area (Å²) in [4.78, 5) is 6.96. The lowest BCUT2D eigenvalue weighted by atomic mass is 10.1. The van der Waals surface area contributed by atoms with Gasteiger partial charge in [-0.1, -0.05) is 0 Å². The molecule has 4 heterocycles. The zero-order valence-electron chi connectivity index (χ0n) is 15.8. The molecule has 7 heteroatoms. The molecule has 1 aliphatic heterocycles. The fourth-order valence-electron chi connectivity index (χ4n) is 3.80. The normalized spacial score (nSPS) is 19.8. The van der Waals surface area contributed by atoms with Crippen LogP contribution >= 0.6 is 0 Å². The summed E-state index contributed by atoms with van der Waals surface area (Å²) < 4.78 is 7.86. The van der Waals surface area contributed by atoms with E-state index in [2.05, 4.69) is 37.3 Å². The predicted molar refractivity (Wildman–Crippen MR) is 102 cm³/mol. The second kappa shape index (κ2) is 6.48. The van der Waals surface area contributed by atoms with Gasteiger partial charge in [-0.3, -0.25) is 0 Å². The lowest BCUT2D eigenvalue weighted by molar-refractivity contribution is 0.249. The first kappa shape index (κ1) is 16.5. The molecule has 1 unspecified atom stereocenters. The van der Waals surface area contributed by atoms with Crippen LogP contribution in [0.25, 0.3) is 5.65 Å². The molecule has 1 saturated carbocycles. The maximum atomic E-state index is 5.91. The Labute approximate surface area is 158 Å². The third kappa shape index (κ3) is 3.34.